The van der Waals surface area contributed by atoms with Crippen LogP contribution < -0.4 is 0 Å². The Morgan fingerprint density at radius 2 is 1.57 bits per heavy atom. The van der Waals surface area contributed by atoms with Crippen LogP contribution in [0.5, 0.6) is 0 Å². The number of hydrogen-bond donors (Lipinski definition) is 0. The molecule has 21 heavy (non-hydrogen) atoms. The lowest BCUT2D eigenvalue weighted by molar-refractivity contribution is 0.313. The Kier molecular flexibility index (Phi) is 2.10. The van der Waals surface area contributed by atoms with Gasteiger partial charge in [-0.25, -0.2) is 0 Å². The van der Waals surface area contributed by atoms with E-state index >= 15 is 0 Å². The highest BCUT2D eigenvalue weighted by Gasteiger charge is 2.57. The predicted molar refractivity (Wildman–Crippen MR) is 85.7 cm³/mol. The minimum atomic E-state index is 0.943. The fraction of sp³-hybridized carbons (Fsp3) is 0.714. The molecule has 5 aliphatic carbocycles. The lowest BCUT2D eigenvalue weighted by Gasteiger charge is -2.46. The summed E-state index contributed by atoms with van der Waals surface area (Å²) in [5.41, 5.74) is 7.20. The Morgan fingerprint density at radius 1 is 0.762 bits per heavy atom. The normalized spacial score (nSPS) is 48.3. The van der Waals surface area contributed by atoms with E-state index in [1.807, 2.05) is 11.1 Å². The summed E-state index contributed by atoms with van der Waals surface area (Å²) in [4.78, 5) is 0. The molecule has 0 spiro atoms. The van der Waals surface area contributed by atoms with E-state index in [2.05, 4.69) is 19.1 Å². The minimum absolute atomic E-state index is 0.943. The third-order valence-electron chi connectivity index (χ3n) is 8.26. The van der Waals surface area contributed by atoms with Gasteiger partial charge in [-0.15, -0.1) is 0 Å². The first-order valence-electron chi connectivity index (χ1n) is 9.44. The number of fused-ring (bicyclic) bond motifs is 10. The van der Waals surface area contributed by atoms with Gasteiger partial charge in [-0.05, 0) is 109 Å². The first-order valence-corrected chi connectivity index (χ1v) is 9.44. The van der Waals surface area contributed by atoms with Crippen molar-refractivity contribution in [1.82, 2.24) is 0 Å². The molecule has 4 saturated carbocycles. The molecule has 7 atom stereocenters. The fourth-order valence-electron chi connectivity index (χ4n) is 7.57. The molecule has 0 radical (unpaired) electrons. The molecule has 4 bridgehead atoms. The summed E-state index contributed by atoms with van der Waals surface area (Å²) >= 11 is 0. The average Bonchev–Trinajstić information content (AvgIpc) is 3.21. The van der Waals surface area contributed by atoms with E-state index in [0.717, 1.165) is 41.4 Å². The summed E-state index contributed by atoms with van der Waals surface area (Å²) in [6.45, 7) is 2.40. The summed E-state index contributed by atoms with van der Waals surface area (Å²) in [5.74, 6) is 7.15. The van der Waals surface area contributed by atoms with Crippen LogP contribution in [0.1, 0.15) is 85.0 Å². The maximum Gasteiger partial charge on any atom is -0.00561 e. The van der Waals surface area contributed by atoms with Gasteiger partial charge in [-0.1, -0.05) is 18.6 Å². The van der Waals surface area contributed by atoms with Crippen LogP contribution in [0.25, 0.3) is 0 Å². The smallest absolute Gasteiger partial charge is 0.00561 e. The number of hydrogen-bond acceptors (Lipinski definition) is 0. The molecular formula is C21H26. The monoisotopic (exact) mass is 278 g/mol. The molecule has 0 saturated heterocycles. The van der Waals surface area contributed by atoms with Crippen molar-refractivity contribution in [3.05, 3.63) is 34.4 Å². The van der Waals surface area contributed by atoms with Crippen LogP contribution in [-0.4, -0.2) is 0 Å². The molecule has 0 N–H and O–H groups in total. The highest BCUT2D eigenvalue weighted by Crippen LogP contribution is 2.70. The van der Waals surface area contributed by atoms with Crippen molar-refractivity contribution < 1.29 is 0 Å². The topological polar surface area (TPSA) is 0 Å². The molecule has 5 aliphatic rings. The Morgan fingerprint density at radius 3 is 2.33 bits per heavy atom. The van der Waals surface area contributed by atoms with Gasteiger partial charge < -0.3 is 0 Å². The molecule has 110 valence electrons. The number of rotatable bonds is 1. The molecule has 7 unspecified atom stereocenters. The van der Waals surface area contributed by atoms with Gasteiger partial charge in [0.2, 0.25) is 0 Å². The van der Waals surface area contributed by atoms with Crippen LogP contribution in [0.4, 0.5) is 0 Å². The molecule has 6 rings (SSSR count). The van der Waals surface area contributed by atoms with Crippen LogP contribution in [0.15, 0.2) is 12.1 Å². The first-order chi connectivity index (χ1) is 10.3. The number of benzene rings is 1. The van der Waals surface area contributed by atoms with E-state index in [4.69, 9.17) is 0 Å². The Balaban J connectivity index is 1.50. The zero-order valence-electron chi connectivity index (χ0n) is 13.1. The van der Waals surface area contributed by atoms with E-state index in [1.54, 1.807) is 24.0 Å². The van der Waals surface area contributed by atoms with Gasteiger partial charge in [0.1, 0.15) is 0 Å². The lowest BCUT2D eigenvalue weighted by Crippen LogP contribution is -2.32. The average molecular weight is 278 g/mol. The van der Waals surface area contributed by atoms with E-state index in [9.17, 15) is 0 Å². The molecule has 0 amide bonds. The molecular weight excluding hydrogens is 252 g/mol. The third kappa shape index (κ3) is 1.30. The van der Waals surface area contributed by atoms with Crippen molar-refractivity contribution in [3.63, 3.8) is 0 Å². The molecule has 4 fully saturated rings. The predicted octanol–water partition coefficient (Wildman–Crippen LogP) is 5.51. The maximum atomic E-state index is 2.52. The van der Waals surface area contributed by atoms with Gasteiger partial charge in [0.05, 0.1) is 0 Å². The second kappa shape index (κ2) is 3.76. The fourth-order valence-corrected chi connectivity index (χ4v) is 7.57. The molecule has 0 nitrogen and oxygen atoms in total. The highest BCUT2D eigenvalue weighted by atomic mass is 14.6. The van der Waals surface area contributed by atoms with Crippen LogP contribution in [0.2, 0.25) is 0 Å². The van der Waals surface area contributed by atoms with Crippen LogP contribution >= 0.6 is 0 Å². The van der Waals surface area contributed by atoms with Crippen molar-refractivity contribution in [3.8, 4) is 0 Å². The summed E-state index contributed by atoms with van der Waals surface area (Å²) in [7, 11) is 0. The zero-order valence-corrected chi connectivity index (χ0v) is 13.1. The SMILES string of the molecule is Cc1ccc2c(c1C1CC3CCC1C3)C1C3CCC(C3)C21. The molecule has 0 heteroatoms. The molecule has 1 aromatic carbocycles. The summed E-state index contributed by atoms with van der Waals surface area (Å²) in [5, 5.41) is 0. The lowest BCUT2D eigenvalue weighted by atomic mass is 9.58. The van der Waals surface area contributed by atoms with E-state index in [0.29, 0.717) is 0 Å². The summed E-state index contributed by atoms with van der Waals surface area (Å²) in [6, 6.07) is 4.99. The Bertz CT molecular complexity index is 627. The Labute approximate surface area is 128 Å². The molecule has 0 aliphatic heterocycles. The molecule has 1 aromatic rings. The molecule has 0 aromatic heterocycles. The summed E-state index contributed by atoms with van der Waals surface area (Å²) in [6.07, 6.45) is 10.8. The van der Waals surface area contributed by atoms with Gasteiger partial charge in [-0.2, -0.15) is 0 Å². The van der Waals surface area contributed by atoms with Gasteiger partial charge >= 0.3 is 0 Å². The van der Waals surface area contributed by atoms with E-state index < -0.39 is 0 Å². The van der Waals surface area contributed by atoms with Crippen molar-refractivity contribution in [1.29, 1.82) is 0 Å². The quantitative estimate of drug-likeness (QED) is 0.635. The standard InChI is InChI=1S/C21H26/c1-11-2-7-16-19-14-5-6-15(10-14)20(19)21(16)18(11)17-9-12-3-4-13(17)8-12/h2,7,12-15,17,19-20H,3-6,8-10H2,1H3. The molecule has 0 heterocycles. The van der Waals surface area contributed by atoms with Crippen molar-refractivity contribution in [2.24, 2.45) is 23.7 Å². The first kappa shape index (κ1) is 11.7. The van der Waals surface area contributed by atoms with Gasteiger partial charge in [0.25, 0.3) is 0 Å². The highest BCUT2D eigenvalue weighted by molar-refractivity contribution is 5.57. The van der Waals surface area contributed by atoms with Crippen LogP contribution in [-0.2, 0) is 0 Å². The second-order valence-electron chi connectivity index (χ2n) is 8.97. The zero-order chi connectivity index (χ0) is 13.7. The second-order valence-corrected chi connectivity index (χ2v) is 8.97. The van der Waals surface area contributed by atoms with Gasteiger partial charge in [0.15, 0.2) is 0 Å². The Hall–Kier alpha value is -0.780. The summed E-state index contributed by atoms with van der Waals surface area (Å²) < 4.78 is 0. The third-order valence-corrected chi connectivity index (χ3v) is 8.26. The van der Waals surface area contributed by atoms with Crippen molar-refractivity contribution in [2.45, 2.75) is 69.6 Å². The largest absolute Gasteiger partial charge is 0.0587 e. The number of aryl methyl sites for hydroxylation is 1. The van der Waals surface area contributed by atoms with Crippen molar-refractivity contribution in [2.75, 3.05) is 0 Å². The van der Waals surface area contributed by atoms with Gasteiger partial charge in [-0.3, -0.25) is 0 Å². The maximum absolute atomic E-state index is 2.52. The minimum Gasteiger partial charge on any atom is -0.0587 e. The van der Waals surface area contributed by atoms with E-state index in [-0.39, 0.29) is 0 Å². The van der Waals surface area contributed by atoms with Crippen molar-refractivity contribution >= 4 is 0 Å². The van der Waals surface area contributed by atoms with Gasteiger partial charge in [0, 0.05) is 0 Å². The van der Waals surface area contributed by atoms with Crippen LogP contribution in [0, 0.1) is 30.6 Å². The van der Waals surface area contributed by atoms with E-state index in [1.165, 1.54) is 32.1 Å². The van der Waals surface area contributed by atoms with Crippen LogP contribution in [0.3, 0.4) is 0 Å².